The molecule has 3 rings (SSSR count). The van der Waals surface area contributed by atoms with Gasteiger partial charge < -0.3 is 10.1 Å². The van der Waals surface area contributed by atoms with Crippen LogP contribution in [0, 0.1) is 27.7 Å². The molecule has 3 aromatic carbocycles. The Morgan fingerprint density at radius 2 is 1.56 bits per heavy atom. The monoisotopic (exact) mass is 520 g/mol. The van der Waals surface area contributed by atoms with E-state index in [0.29, 0.717) is 5.69 Å². The van der Waals surface area contributed by atoms with Gasteiger partial charge in [0.15, 0.2) is 0 Å². The van der Waals surface area contributed by atoms with Gasteiger partial charge in [0.2, 0.25) is 5.91 Å². The van der Waals surface area contributed by atoms with Crippen LogP contribution in [0.2, 0.25) is 10.0 Å². The Kier molecular flexibility index (Phi) is 7.81. The van der Waals surface area contributed by atoms with Crippen LogP contribution >= 0.6 is 23.2 Å². The number of carbonyl (C=O) groups is 1. The highest BCUT2D eigenvalue weighted by Gasteiger charge is 2.31. The molecule has 0 aromatic heterocycles. The van der Waals surface area contributed by atoms with E-state index < -0.39 is 22.5 Å². The zero-order valence-corrected chi connectivity index (χ0v) is 21.9. The highest BCUT2D eigenvalue weighted by atomic mass is 35.5. The topological polar surface area (TPSA) is 75.7 Å². The van der Waals surface area contributed by atoms with Crippen LogP contribution in [0.25, 0.3) is 0 Å². The Labute approximate surface area is 210 Å². The third kappa shape index (κ3) is 5.49. The maximum absolute atomic E-state index is 13.8. The lowest BCUT2D eigenvalue weighted by Crippen LogP contribution is -2.38. The quantitative estimate of drug-likeness (QED) is 0.410. The average molecular weight is 521 g/mol. The first-order valence-electron chi connectivity index (χ1n) is 10.4. The van der Waals surface area contributed by atoms with E-state index in [-0.39, 0.29) is 26.4 Å². The van der Waals surface area contributed by atoms with E-state index in [2.05, 4.69) is 5.32 Å². The first kappa shape index (κ1) is 25.9. The molecule has 0 bridgehead atoms. The smallest absolute Gasteiger partial charge is 0.268 e. The number of nitrogens with one attached hydrogen (secondary N) is 1. The second-order valence-corrected chi connectivity index (χ2v) is 10.7. The Bertz CT molecular complexity index is 1330. The summed E-state index contributed by atoms with van der Waals surface area (Å²) in [5.74, 6) is -0.336. The number of nitrogens with zero attached hydrogens (tertiary/aromatic N) is 1. The molecule has 0 aliphatic heterocycles. The molecule has 0 atom stereocenters. The Morgan fingerprint density at radius 1 is 0.912 bits per heavy atom. The summed E-state index contributed by atoms with van der Waals surface area (Å²) in [6.07, 6.45) is 0. The van der Waals surface area contributed by atoms with Crippen molar-refractivity contribution in [3.63, 3.8) is 0 Å². The van der Waals surface area contributed by atoms with Gasteiger partial charge in [0.05, 0.1) is 22.8 Å². The van der Waals surface area contributed by atoms with Crippen molar-refractivity contribution >= 4 is 50.5 Å². The predicted molar refractivity (Wildman–Crippen MR) is 138 cm³/mol. The molecule has 9 heteroatoms. The van der Waals surface area contributed by atoms with Crippen molar-refractivity contribution in [3.05, 3.63) is 80.8 Å². The molecule has 0 saturated carbocycles. The van der Waals surface area contributed by atoms with E-state index in [1.54, 1.807) is 19.1 Å². The van der Waals surface area contributed by atoms with Crippen molar-refractivity contribution < 1.29 is 17.9 Å². The maximum Gasteiger partial charge on any atom is 0.268 e. The van der Waals surface area contributed by atoms with Gasteiger partial charge in [-0.25, -0.2) is 8.42 Å². The van der Waals surface area contributed by atoms with E-state index in [1.165, 1.54) is 31.4 Å². The van der Waals surface area contributed by atoms with Crippen LogP contribution in [0.1, 0.15) is 22.3 Å². The molecular formula is C25H26Cl2N2O4S. The number of benzene rings is 3. The van der Waals surface area contributed by atoms with Crippen molar-refractivity contribution in [1.29, 1.82) is 0 Å². The van der Waals surface area contributed by atoms with Crippen LogP contribution in [0.4, 0.5) is 11.4 Å². The molecular weight excluding hydrogens is 495 g/mol. The number of sulfonamides is 1. The van der Waals surface area contributed by atoms with Crippen molar-refractivity contribution in [3.8, 4) is 5.75 Å². The van der Waals surface area contributed by atoms with Crippen molar-refractivity contribution in [2.75, 3.05) is 23.3 Å². The molecule has 0 heterocycles. The number of rotatable bonds is 7. The number of carbonyl (C=O) groups excluding carboxylic acids is 1. The van der Waals surface area contributed by atoms with E-state index in [4.69, 9.17) is 27.9 Å². The fourth-order valence-electron chi connectivity index (χ4n) is 3.75. The summed E-state index contributed by atoms with van der Waals surface area (Å²) in [7, 11) is -2.83. The lowest BCUT2D eigenvalue weighted by Gasteiger charge is -2.26. The highest BCUT2D eigenvalue weighted by Crippen LogP contribution is 2.34. The third-order valence-corrected chi connectivity index (χ3v) is 7.84. The summed E-state index contributed by atoms with van der Waals surface area (Å²) in [4.78, 5) is 13.1. The van der Waals surface area contributed by atoms with Gasteiger partial charge in [-0.05, 0) is 74.7 Å². The Hall–Kier alpha value is -2.74. The minimum Gasteiger partial charge on any atom is -0.495 e. The van der Waals surface area contributed by atoms with Crippen molar-refractivity contribution in [2.24, 2.45) is 0 Å². The zero-order chi connectivity index (χ0) is 25.2. The van der Waals surface area contributed by atoms with Crippen molar-refractivity contribution in [2.45, 2.75) is 32.6 Å². The number of hydrogen-bond acceptors (Lipinski definition) is 4. The van der Waals surface area contributed by atoms with Gasteiger partial charge in [0, 0.05) is 5.69 Å². The summed E-state index contributed by atoms with van der Waals surface area (Å²) in [5.41, 5.74) is 4.41. The SMILES string of the molecule is COc1ccc(C)cc1S(=O)(=O)N(CC(=O)Nc1c(C)cc(C)cc1C)c1ccc(Cl)c(Cl)c1. The number of halogens is 2. The standard InChI is InChI=1S/C25H26Cl2N2O4S/c1-15-6-9-22(33-5)23(12-15)34(31,32)29(19-7-8-20(26)21(27)13-19)14-24(30)28-25-17(3)10-16(2)11-18(25)4/h6-13H,14H2,1-5H3,(H,28,30). The van der Waals surface area contributed by atoms with Gasteiger partial charge in [0.1, 0.15) is 17.2 Å². The molecule has 0 aliphatic rings. The van der Waals surface area contributed by atoms with Crippen LogP contribution in [-0.4, -0.2) is 28.0 Å². The largest absolute Gasteiger partial charge is 0.495 e. The first-order chi connectivity index (χ1) is 15.9. The molecule has 0 radical (unpaired) electrons. The Balaban J connectivity index is 2.07. The summed E-state index contributed by atoms with van der Waals surface area (Å²) < 4.78 is 33.9. The van der Waals surface area contributed by atoms with Gasteiger partial charge >= 0.3 is 0 Å². The molecule has 1 amide bonds. The summed E-state index contributed by atoms with van der Waals surface area (Å²) in [5, 5.41) is 3.30. The molecule has 0 spiro atoms. The van der Waals surface area contributed by atoms with E-state index in [9.17, 15) is 13.2 Å². The predicted octanol–water partition coefficient (Wildman–Crippen LogP) is 6.07. The van der Waals surface area contributed by atoms with Crippen molar-refractivity contribution in [1.82, 2.24) is 0 Å². The first-order valence-corrected chi connectivity index (χ1v) is 12.6. The second-order valence-electron chi connectivity index (χ2n) is 8.09. The van der Waals surface area contributed by atoms with Gasteiger partial charge in [-0.15, -0.1) is 0 Å². The van der Waals surface area contributed by atoms with Crippen LogP contribution in [0.3, 0.4) is 0 Å². The number of anilines is 2. The summed E-state index contributed by atoms with van der Waals surface area (Å²) in [6, 6.07) is 13.1. The number of hydrogen-bond donors (Lipinski definition) is 1. The summed E-state index contributed by atoms with van der Waals surface area (Å²) in [6.45, 7) is 7.04. The zero-order valence-electron chi connectivity index (χ0n) is 19.6. The Morgan fingerprint density at radius 3 is 2.15 bits per heavy atom. The third-order valence-electron chi connectivity index (χ3n) is 5.31. The number of amides is 1. The lowest BCUT2D eigenvalue weighted by molar-refractivity contribution is -0.114. The lowest BCUT2D eigenvalue weighted by atomic mass is 10.1. The molecule has 0 saturated heterocycles. The van der Waals surface area contributed by atoms with Crippen LogP contribution in [0.5, 0.6) is 5.75 Å². The van der Waals surface area contributed by atoms with Crippen LogP contribution in [0.15, 0.2) is 53.4 Å². The minimum atomic E-state index is -4.22. The van der Waals surface area contributed by atoms with Gasteiger partial charge in [-0.1, -0.05) is 47.0 Å². The maximum atomic E-state index is 13.8. The molecule has 34 heavy (non-hydrogen) atoms. The molecule has 1 N–H and O–H groups in total. The van der Waals surface area contributed by atoms with E-state index >= 15 is 0 Å². The number of ether oxygens (including phenoxy) is 1. The van der Waals surface area contributed by atoms with Gasteiger partial charge in [-0.3, -0.25) is 9.10 Å². The minimum absolute atomic E-state index is 0.0587. The average Bonchev–Trinajstić information content (AvgIpc) is 2.76. The van der Waals surface area contributed by atoms with E-state index in [0.717, 1.165) is 26.6 Å². The van der Waals surface area contributed by atoms with Gasteiger partial charge in [-0.2, -0.15) is 0 Å². The van der Waals surface area contributed by atoms with Crippen LogP contribution < -0.4 is 14.4 Å². The number of methoxy groups -OCH3 is 1. The van der Waals surface area contributed by atoms with Crippen LogP contribution in [-0.2, 0) is 14.8 Å². The molecule has 0 aliphatic carbocycles. The van der Waals surface area contributed by atoms with E-state index in [1.807, 2.05) is 32.9 Å². The molecule has 180 valence electrons. The summed E-state index contributed by atoms with van der Waals surface area (Å²) >= 11 is 12.2. The molecule has 6 nitrogen and oxygen atoms in total. The normalized spacial score (nSPS) is 11.3. The number of aryl methyl sites for hydroxylation is 4. The molecule has 0 unspecified atom stereocenters. The van der Waals surface area contributed by atoms with Gasteiger partial charge in [0.25, 0.3) is 10.0 Å². The fraction of sp³-hybridized carbons (Fsp3) is 0.240. The molecule has 3 aromatic rings. The highest BCUT2D eigenvalue weighted by molar-refractivity contribution is 7.93. The fourth-order valence-corrected chi connectivity index (χ4v) is 5.69. The second kappa shape index (κ2) is 10.3. The molecule has 0 fully saturated rings.